The molecule has 4 rings (SSSR count). The largest absolute Gasteiger partial charge is 0.393 e. The Balaban J connectivity index is 0.000000602. The number of aromatic nitrogens is 2. The van der Waals surface area contributed by atoms with Gasteiger partial charge >= 0.3 is 0 Å². The van der Waals surface area contributed by atoms with E-state index in [1.54, 1.807) is 58.3 Å². The number of pyridine rings is 2. The number of halogens is 2. The topological polar surface area (TPSA) is 107 Å². The van der Waals surface area contributed by atoms with Crippen molar-refractivity contribution >= 4 is 0 Å². The van der Waals surface area contributed by atoms with Crippen LogP contribution < -0.4 is 0 Å². The fraction of sp³-hybridized carbons (Fsp3) is 0.333. The molecule has 4 atom stereocenters. The van der Waals surface area contributed by atoms with Crippen LogP contribution in [0.5, 0.6) is 0 Å². The molecule has 0 amide bonds. The van der Waals surface area contributed by atoms with Crippen molar-refractivity contribution in [3.63, 3.8) is 0 Å². The first kappa shape index (κ1) is 40.8. The van der Waals surface area contributed by atoms with Crippen LogP contribution in [0.25, 0.3) is 22.5 Å². The monoisotopic (exact) mass is 954 g/mol. The maximum absolute atomic E-state index is 13.2. The molecule has 2 aromatic heterocycles. The quantitative estimate of drug-likeness (QED) is 0.185. The van der Waals surface area contributed by atoms with E-state index >= 15 is 0 Å². The van der Waals surface area contributed by atoms with Crippen molar-refractivity contribution in [1.82, 2.24) is 9.97 Å². The molecule has 0 fully saturated rings. The smallest absolute Gasteiger partial charge is 0.0569 e. The van der Waals surface area contributed by atoms with Crippen molar-refractivity contribution in [2.24, 2.45) is 11.8 Å². The van der Waals surface area contributed by atoms with Crippen molar-refractivity contribution in [3.05, 3.63) is 108 Å². The predicted molar refractivity (Wildman–Crippen MR) is 155 cm³/mol. The number of benzene rings is 2. The number of hydrogen-bond donors (Lipinski definition) is 4. The fourth-order valence-electron chi connectivity index (χ4n) is 4.43. The average molecular weight is 955 g/mol. The van der Waals surface area contributed by atoms with E-state index in [0.29, 0.717) is 5.69 Å². The summed E-state index contributed by atoms with van der Waals surface area (Å²) in [5, 5.41) is 37.9. The summed E-state index contributed by atoms with van der Waals surface area (Å²) < 4.78 is 25.8. The first-order chi connectivity index (χ1) is 19.4. The summed E-state index contributed by atoms with van der Waals surface area (Å²) in [5.41, 5.74) is 3.88. The van der Waals surface area contributed by atoms with Crippen LogP contribution in [-0.2, 0) is 42.1 Å². The van der Waals surface area contributed by atoms with Crippen LogP contribution in [0, 0.1) is 42.5 Å². The van der Waals surface area contributed by atoms with Crippen LogP contribution in [0.2, 0.25) is 0 Å². The average Bonchev–Trinajstić information content (AvgIpc) is 2.93. The molecule has 0 bridgehead atoms. The molecule has 0 aliphatic heterocycles. The van der Waals surface area contributed by atoms with E-state index in [0.717, 1.165) is 23.4 Å². The second-order valence-corrected chi connectivity index (χ2v) is 9.87. The zero-order valence-corrected chi connectivity index (χ0v) is 29.1. The van der Waals surface area contributed by atoms with Gasteiger partial charge in [-0.25, -0.2) is 0 Å². The second-order valence-electron chi connectivity index (χ2n) is 9.87. The predicted octanol–water partition coefficient (Wildman–Crippen LogP) is 5.42. The first-order valence-corrected chi connectivity index (χ1v) is 13.3. The standard InChI is InChI=1S/C12H10N.C11H6F2N.C10H22O4.2Pt/c1-10-5-7-11(8-6-10)12-4-2-3-9-13-12;12-8-4-5-9(10(13)7-8)11-3-1-2-6-14-11;1-5(11)9(6(2)12)10(7(3)13)8(4)14;;/h2-7,9H,1H3;1-4,6-7H;5-14H,1-4H3;;/q2*-1;;;. The van der Waals surface area contributed by atoms with E-state index in [1.807, 2.05) is 30.3 Å². The van der Waals surface area contributed by atoms with E-state index in [2.05, 4.69) is 35.1 Å². The fourth-order valence-corrected chi connectivity index (χ4v) is 4.43. The summed E-state index contributed by atoms with van der Waals surface area (Å²) in [7, 11) is 0. The van der Waals surface area contributed by atoms with Gasteiger partial charge in [0.05, 0.1) is 24.4 Å². The summed E-state index contributed by atoms with van der Waals surface area (Å²) in [4.78, 5) is 8.19. The SMILES string of the molecule is CC(O)C(C(C)O)C(C(C)O)C(C)O.Cc1c[c-]c(-c2ccccn2)cc1.Fc1c[c-]c(-c2ccccn2)c(F)c1.[Pt].[Pt]. The molecule has 6 nitrogen and oxygen atoms in total. The molecule has 0 aliphatic carbocycles. The molecular formula is C33H38F2N2O4Pt2-2. The number of aliphatic hydroxyl groups excluding tert-OH is 4. The Morgan fingerprint density at radius 3 is 1.51 bits per heavy atom. The molecule has 0 saturated carbocycles. The third-order valence-corrected chi connectivity index (χ3v) is 6.36. The molecule has 4 unspecified atom stereocenters. The number of aryl methyl sites for hydroxylation is 1. The Morgan fingerprint density at radius 2 is 1.14 bits per heavy atom. The van der Waals surface area contributed by atoms with E-state index in [4.69, 9.17) is 0 Å². The molecule has 4 N–H and O–H groups in total. The first-order valence-electron chi connectivity index (χ1n) is 13.3. The van der Waals surface area contributed by atoms with Gasteiger partial charge in [0.25, 0.3) is 0 Å². The summed E-state index contributed by atoms with van der Waals surface area (Å²) in [5.74, 6) is -2.32. The summed E-state index contributed by atoms with van der Waals surface area (Å²) in [6, 6.07) is 24.7. The second kappa shape index (κ2) is 20.7. The summed E-state index contributed by atoms with van der Waals surface area (Å²) in [6.07, 6.45) is 0.302. The van der Waals surface area contributed by atoms with Gasteiger partial charge in [-0.2, -0.15) is 0 Å². The normalized spacial score (nSPS) is 14.4. The van der Waals surface area contributed by atoms with Crippen LogP contribution in [0.3, 0.4) is 0 Å². The molecule has 0 aliphatic rings. The van der Waals surface area contributed by atoms with E-state index in [1.165, 1.54) is 5.56 Å². The molecule has 10 heteroatoms. The molecule has 240 valence electrons. The maximum atomic E-state index is 13.2. The van der Waals surface area contributed by atoms with Gasteiger partial charge in [0.2, 0.25) is 0 Å². The van der Waals surface area contributed by atoms with E-state index in [-0.39, 0.29) is 47.7 Å². The molecule has 0 saturated heterocycles. The number of aliphatic hydroxyl groups is 4. The number of hydrogen-bond acceptors (Lipinski definition) is 6. The van der Waals surface area contributed by atoms with Crippen molar-refractivity contribution in [3.8, 4) is 22.5 Å². The van der Waals surface area contributed by atoms with Crippen LogP contribution in [-0.4, -0.2) is 54.8 Å². The Hall–Kier alpha value is -2.18. The Morgan fingerprint density at radius 1 is 0.651 bits per heavy atom. The van der Waals surface area contributed by atoms with Gasteiger partial charge in [0, 0.05) is 78.0 Å². The Bertz CT molecular complexity index is 1260. The van der Waals surface area contributed by atoms with Gasteiger partial charge in [-0.05, 0) is 51.2 Å². The molecule has 43 heavy (non-hydrogen) atoms. The Kier molecular flexibility index (Phi) is 19.7. The number of nitrogens with zero attached hydrogens (tertiary/aromatic N) is 2. The Labute approximate surface area is 281 Å². The van der Waals surface area contributed by atoms with Crippen molar-refractivity contribution in [1.29, 1.82) is 0 Å². The van der Waals surface area contributed by atoms with Gasteiger partial charge in [-0.3, -0.25) is 8.78 Å². The molecule has 2 heterocycles. The van der Waals surface area contributed by atoms with Crippen molar-refractivity contribution in [2.45, 2.75) is 59.0 Å². The molecule has 2 aromatic carbocycles. The summed E-state index contributed by atoms with van der Waals surface area (Å²) >= 11 is 0. The van der Waals surface area contributed by atoms with Gasteiger partial charge in [-0.1, -0.05) is 42.8 Å². The minimum atomic E-state index is -0.760. The van der Waals surface area contributed by atoms with Crippen LogP contribution in [0.15, 0.2) is 79.1 Å². The van der Waals surface area contributed by atoms with E-state index < -0.39 is 47.9 Å². The van der Waals surface area contributed by atoms with E-state index in [9.17, 15) is 29.2 Å². The third kappa shape index (κ3) is 13.6. The maximum Gasteiger partial charge on any atom is 0.0569 e. The van der Waals surface area contributed by atoms with Crippen LogP contribution in [0.4, 0.5) is 8.78 Å². The van der Waals surface area contributed by atoms with Gasteiger partial charge in [0.15, 0.2) is 0 Å². The molecular weight excluding hydrogens is 917 g/mol. The van der Waals surface area contributed by atoms with Crippen molar-refractivity contribution in [2.75, 3.05) is 0 Å². The summed E-state index contributed by atoms with van der Waals surface area (Å²) in [6.45, 7) is 8.26. The minimum absolute atomic E-state index is 0. The van der Waals surface area contributed by atoms with Crippen LogP contribution in [0.1, 0.15) is 33.3 Å². The zero-order valence-electron chi connectivity index (χ0n) is 24.5. The zero-order chi connectivity index (χ0) is 30.5. The molecule has 4 aromatic rings. The van der Waals surface area contributed by atoms with Gasteiger partial charge in [0.1, 0.15) is 0 Å². The van der Waals surface area contributed by atoms with Gasteiger partial charge < -0.3 is 30.4 Å². The van der Waals surface area contributed by atoms with Crippen molar-refractivity contribution < 1.29 is 71.3 Å². The van der Waals surface area contributed by atoms with Crippen LogP contribution >= 0.6 is 0 Å². The minimum Gasteiger partial charge on any atom is -0.393 e. The third-order valence-electron chi connectivity index (χ3n) is 6.36. The van der Waals surface area contributed by atoms with Gasteiger partial charge in [-0.15, -0.1) is 47.5 Å². The number of rotatable bonds is 7. The molecule has 0 spiro atoms. The molecule has 0 radical (unpaired) electrons.